The van der Waals surface area contributed by atoms with Crippen LogP contribution in [0.3, 0.4) is 0 Å². The summed E-state index contributed by atoms with van der Waals surface area (Å²) < 4.78 is 34.1. The second kappa shape index (κ2) is 14.4. The first-order chi connectivity index (χ1) is 15.9. The van der Waals surface area contributed by atoms with Crippen LogP contribution < -0.4 is 10.0 Å². The molecule has 1 aromatic carbocycles. The minimum atomic E-state index is -3.46. The Morgan fingerprint density at radius 3 is 2.24 bits per heavy atom. The van der Waals surface area contributed by atoms with Crippen LogP contribution in [0, 0.1) is 0 Å². The van der Waals surface area contributed by atoms with Crippen LogP contribution in [0.2, 0.25) is 0 Å². The predicted octanol–water partition coefficient (Wildman–Crippen LogP) is 6.22. The number of hydrogen-bond donors (Lipinski definition) is 3. The first kappa shape index (κ1) is 27.4. The highest BCUT2D eigenvalue weighted by Gasteiger charge is 2.33. The minimum absolute atomic E-state index is 0.115. The van der Waals surface area contributed by atoms with Crippen molar-refractivity contribution in [2.75, 3.05) is 17.7 Å². The first-order valence-corrected chi connectivity index (χ1v) is 14.1. The highest BCUT2D eigenvalue weighted by Crippen LogP contribution is 2.26. The van der Waals surface area contributed by atoms with Crippen molar-refractivity contribution in [1.29, 1.82) is 0 Å². The highest BCUT2D eigenvalue weighted by molar-refractivity contribution is 7.89. The summed E-state index contributed by atoms with van der Waals surface area (Å²) in [6, 6.07) is 6.86. The van der Waals surface area contributed by atoms with E-state index in [0.717, 1.165) is 24.2 Å². The zero-order chi connectivity index (χ0) is 24.0. The number of allylic oxidation sites excluding steroid dienone is 1. The van der Waals surface area contributed by atoms with E-state index in [2.05, 4.69) is 17.0 Å². The van der Waals surface area contributed by atoms with E-state index in [-0.39, 0.29) is 11.5 Å². The van der Waals surface area contributed by atoms with Crippen LogP contribution in [0.4, 0.5) is 5.69 Å². The summed E-state index contributed by atoms with van der Waals surface area (Å²) in [5.41, 5.74) is 0.525. The highest BCUT2D eigenvalue weighted by atomic mass is 32.2. The van der Waals surface area contributed by atoms with E-state index in [9.17, 15) is 13.5 Å². The quantitative estimate of drug-likeness (QED) is 0.183. The predicted molar refractivity (Wildman–Crippen MR) is 137 cm³/mol. The Morgan fingerprint density at radius 2 is 1.67 bits per heavy atom. The molecule has 1 atom stereocenters. The lowest BCUT2D eigenvalue weighted by atomic mass is 10.0. The summed E-state index contributed by atoms with van der Waals surface area (Å²) in [6.45, 7) is 4.48. The molecule has 1 aliphatic rings. The fourth-order valence-electron chi connectivity index (χ4n) is 4.03. The molecule has 1 aromatic rings. The Labute approximate surface area is 200 Å². The lowest BCUT2D eigenvalue weighted by molar-refractivity contribution is -0.00821. The van der Waals surface area contributed by atoms with Gasteiger partial charge in [-0.1, -0.05) is 76.9 Å². The van der Waals surface area contributed by atoms with Crippen LogP contribution in [0.15, 0.2) is 48.2 Å². The molecule has 186 valence electrons. The Bertz CT molecular complexity index is 867. The summed E-state index contributed by atoms with van der Waals surface area (Å²) in [5.74, 6) is 0.299. The summed E-state index contributed by atoms with van der Waals surface area (Å²) in [5, 5.41) is 12.8. The van der Waals surface area contributed by atoms with E-state index < -0.39 is 15.7 Å². The summed E-state index contributed by atoms with van der Waals surface area (Å²) in [7, 11) is -3.46. The summed E-state index contributed by atoms with van der Waals surface area (Å²) in [6.07, 6.45) is 17.5. The van der Waals surface area contributed by atoms with Crippen molar-refractivity contribution >= 4 is 15.7 Å². The molecule has 0 radical (unpaired) electrons. The van der Waals surface area contributed by atoms with Crippen molar-refractivity contribution in [1.82, 2.24) is 4.72 Å². The van der Waals surface area contributed by atoms with Gasteiger partial charge in [0.2, 0.25) is 10.0 Å². The van der Waals surface area contributed by atoms with Gasteiger partial charge in [0.1, 0.15) is 5.75 Å². The van der Waals surface area contributed by atoms with Crippen molar-refractivity contribution in [2.24, 2.45) is 0 Å². The minimum Gasteiger partial charge on any atom is -0.508 e. The molecule has 0 bridgehead atoms. The van der Waals surface area contributed by atoms with Crippen LogP contribution in [0.25, 0.3) is 0 Å². The number of anilines is 1. The fraction of sp³-hybridized carbons (Fsp3) is 0.615. The number of unbranched alkanes of at least 4 members (excludes halogenated alkanes) is 9. The van der Waals surface area contributed by atoms with Gasteiger partial charge in [-0.3, -0.25) is 0 Å². The fourth-order valence-corrected chi connectivity index (χ4v) is 5.45. The molecule has 1 unspecified atom stereocenters. The van der Waals surface area contributed by atoms with E-state index in [1.165, 1.54) is 44.9 Å². The van der Waals surface area contributed by atoms with E-state index in [4.69, 9.17) is 4.74 Å². The normalized spacial score (nSPS) is 18.3. The van der Waals surface area contributed by atoms with E-state index in [1.807, 2.05) is 25.1 Å². The van der Waals surface area contributed by atoms with Crippen LogP contribution in [-0.2, 0) is 14.8 Å². The zero-order valence-electron chi connectivity index (χ0n) is 20.3. The van der Waals surface area contributed by atoms with Crippen LogP contribution in [-0.4, -0.2) is 31.6 Å². The monoisotopic (exact) mass is 478 g/mol. The molecule has 0 spiro atoms. The maximum absolute atomic E-state index is 12.7. The third-order valence-corrected chi connectivity index (χ3v) is 7.27. The molecule has 2 rings (SSSR count). The number of hydrogen-bond acceptors (Lipinski definition) is 5. The molecule has 1 aliphatic carbocycles. The molecule has 7 heteroatoms. The number of phenolic OH excluding ortho intramolecular Hbond substituents is 1. The van der Waals surface area contributed by atoms with Crippen molar-refractivity contribution in [2.45, 2.75) is 90.2 Å². The smallest absolute Gasteiger partial charge is 0.214 e. The topological polar surface area (TPSA) is 87.7 Å². The Morgan fingerprint density at radius 1 is 1.00 bits per heavy atom. The largest absolute Gasteiger partial charge is 0.508 e. The molecule has 0 heterocycles. The standard InChI is InChI=1S/C26H42N2O4S/c1-3-5-6-7-8-9-10-11-12-13-21-33(30,31)28-26(32-4-2)19-17-23(18-20-26)27-24-15-14-16-25(29)22-24/h14-19,22,27-29H,3-13,20-21H2,1-2H3. The first-order valence-electron chi connectivity index (χ1n) is 12.5. The molecule has 0 fully saturated rings. The van der Waals surface area contributed by atoms with Gasteiger partial charge < -0.3 is 15.2 Å². The van der Waals surface area contributed by atoms with Crippen molar-refractivity contribution in [3.63, 3.8) is 0 Å². The lowest BCUT2D eigenvalue weighted by Crippen LogP contribution is -2.50. The van der Waals surface area contributed by atoms with Gasteiger partial charge in [0.15, 0.2) is 5.72 Å². The van der Waals surface area contributed by atoms with Gasteiger partial charge in [0, 0.05) is 30.5 Å². The molecular weight excluding hydrogens is 436 g/mol. The van der Waals surface area contributed by atoms with Gasteiger partial charge in [-0.05, 0) is 37.6 Å². The molecular formula is C26H42N2O4S. The number of nitrogens with one attached hydrogen (secondary N) is 2. The van der Waals surface area contributed by atoms with Crippen LogP contribution in [0.1, 0.15) is 84.5 Å². The molecule has 0 saturated carbocycles. The summed E-state index contributed by atoms with van der Waals surface area (Å²) in [4.78, 5) is 0. The second-order valence-corrected chi connectivity index (χ2v) is 10.6. The van der Waals surface area contributed by atoms with Gasteiger partial charge in [-0.15, -0.1) is 0 Å². The molecule has 33 heavy (non-hydrogen) atoms. The third kappa shape index (κ3) is 10.8. The number of aromatic hydroxyl groups is 1. The Hall–Kier alpha value is -1.83. The van der Waals surface area contributed by atoms with Crippen molar-refractivity contribution in [3.05, 3.63) is 48.2 Å². The average Bonchev–Trinajstić information content (AvgIpc) is 2.77. The SMILES string of the molecule is CCCCCCCCCCCCS(=O)(=O)NC1(OCC)C=CC(Nc2cccc(O)c2)=CC1. The zero-order valence-corrected chi connectivity index (χ0v) is 21.1. The molecule has 0 aliphatic heterocycles. The third-order valence-electron chi connectivity index (χ3n) is 5.79. The maximum Gasteiger partial charge on any atom is 0.214 e. The Kier molecular flexibility index (Phi) is 12.0. The lowest BCUT2D eigenvalue weighted by Gasteiger charge is -2.33. The summed E-state index contributed by atoms with van der Waals surface area (Å²) >= 11 is 0. The van der Waals surface area contributed by atoms with Gasteiger partial charge >= 0.3 is 0 Å². The van der Waals surface area contributed by atoms with Crippen LogP contribution >= 0.6 is 0 Å². The van der Waals surface area contributed by atoms with Gasteiger partial charge in [0.25, 0.3) is 0 Å². The number of ether oxygens (including phenoxy) is 1. The number of sulfonamides is 1. The van der Waals surface area contributed by atoms with Crippen molar-refractivity contribution in [3.8, 4) is 5.75 Å². The molecule has 6 nitrogen and oxygen atoms in total. The van der Waals surface area contributed by atoms with Gasteiger partial charge in [0.05, 0.1) is 5.75 Å². The Balaban J connectivity index is 1.76. The van der Waals surface area contributed by atoms with Crippen molar-refractivity contribution < 1.29 is 18.3 Å². The molecule has 0 amide bonds. The molecule has 3 N–H and O–H groups in total. The number of phenols is 1. The molecule has 0 aromatic heterocycles. The van der Waals surface area contributed by atoms with Gasteiger partial charge in [-0.2, -0.15) is 4.72 Å². The van der Waals surface area contributed by atoms with Gasteiger partial charge in [-0.25, -0.2) is 8.42 Å². The van der Waals surface area contributed by atoms with E-state index >= 15 is 0 Å². The van der Waals surface area contributed by atoms with E-state index in [0.29, 0.717) is 19.4 Å². The number of rotatable bonds is 17. The average molecular weight is 479 g/mol. The number of benzene rings is 1. The second-order valence-electron chi connectivity index (χ2n) is 8.80. The van der Waals surface area contributed by atoms with E-state index in [1.54, 1.807) is 24.3 Å². The maximum atomic E-state index is 12.7. The molecule has 0 saturated heterocycles. The van der Waals surface area contributed by atoms with Crippen LogP contribution in [0.5, 0.6) is 5.75 Å².